The highest BCUT2D eigenvalue weighted by atomic mass is 35.5. The number of benzene rings is 8. The quantitative estimate of drug-likeness (QED) is 0.184. The second-order valence-electron chi connectivity index (χ2n) is 24.8. The Labute approximate surface area is 444 Å². The van der Waals surface area contributed by atoms with Gasteiger partial charge in [0.15, 0.2) is 11.3 Å². The van der Waals surface area contributed by atoms with Gasteiger partial charge in [-0.05, 0) is 125 Å². The smallest absolute Gasteiger partial charge is 0.164 e. The van der Waals surface area contributed by atoms with Crippen LogP contribution in [0.3, 0.4) is 0 Å². The molecule has 0 amide bonds. The van der Waals surface area contributed by atoms with E-state index in [1.807, 2.05) is 18.2 Å². The van der Waals surface area contributed by atoms with Crippen LogP contribution in [0.25, 0.3) is 121 Å². The number of aromatic amines is 2. The fourth-order valence-electron chi connectivity index (χ4n) is 10.8. The number of nitrogens with one attached hydrogen (secondary N) is 2. The minimum absolute atomic E-state index is 0.00749. The SMILES string of the molecule is CC(C)(C)c1ccc(-c2cc3c4nc5nc(nc6[nH]c(nc([nH]4)c3cc2-c2ccc(C(C)(C)C)cc2)c2cc(-c3ccc(C(C)(C)C)cc3)c(-c3ccc(C(C)(C)C)cc3)cc62)c2ccc(Cl)c3cccc5c32)cc1. The van der Waals surface area contributed by atoms with E-state index < -0.39 is 0 Å². The summed E-state index contributed by atoms with van der Waals surface area (Å²) < 4.78 is 0. The molecule has 0 fully saturated rings. The van der Waals surface area contributed by atoms with Gasteiger partial charge in [-0.2, -0.15) is 0 Å². The molecule has 0 aliphatic rings. The first-order valence-corrected chi connectivity index (χ1v) is 26.6. The summed E-state index contributed by atoms with van der Waals surface area (Å²) in [6.45, 7) is 27.1. The number of halogens is 1. The number of pyridine rings is 1. The first kappa shape index (κ1) is 48.3. The van der Waals surface area contributed by atoms with Gasteiger partial charge < -0.3 is 9.97 Å². The van der Waals surface area contributed by atoms with E-state index in [2.05, 4.69) is 227 Å². The number of H-pyrrole nitrogens is 2. The van der Waals surface area contributed by atoms with Crippen LogP contribution in [0.2, 0.25) is 5.02 Å². The second kappa shape index (κ2) is 17.2. The molecular weight excluding hydrogens is 936 g/mol. The first-order chi connectivity index (χ1) is 35.6. The van der Waals surface area contributed by atoms with Gasteiger partial charge in [-0.3, -0.25) is 0 Å². The molecule has 8 aromatic carbocycles. The molecule has 372 valence electrons. The standard InChI is InChI=1S/C68H63ClN6/c1-65(2,3)42-24-16-38(17-25-42)49-34-53-55(36-51(49)40-20-28-44(29-21-40)67(7,8)9)63-73-61(53)71-59-47-15-13-14-46-57(69)33-32-48(58(46)47)60(70-59)72-62-54-35-50(39-18-26-43(27-19-39)66(4,5)6)52(37-56(54)64(74-62)75-63)41-22-30-45(31-23-41)68(10,11)12/h13-37H,1-12H3,(H2,70,71,72,73,74,75). The Bertz CT molecular complexity index is 4050. The topological polar surface area (TPSA) is 83.1 Å². The normalized spacial score (nSPS) is 12.9. The van der Waals surface area contributed by atoms with Crippen LogP contribution in [0.5, 0.6) is 0 Å². The van der Waals surface area contributed by atoms with Gasteiger partial charge in [0.1, 0.15) is 22.6 Å². The maximum atomic E-state index is 7.02. The van der Waals surface area contributed by atoms with E-state index in [1.165, 1.54) is 22.3 Å². The van der Waals surface area contributed by atoms with Crippen molar-refractivity contribution in [2.24, 2.45) is 0 Å². The van der Waals surface area contributed by atoms with Crippen molar-refractivity contribution < 1.29 is 0 Å². The molecule has 0 aliphatic carbocycles. The number of rotatable bonds is 4. The molecule has 4 heterocycles. The van der Waals surface area contributed by atoms with Crippen molar-refractivity contribution in [3.05, 3.63) is 179 Å². The second-order valence-corrected chi connectivity index (χ2v) is 25.2. The lowest BCUT2D eigenvalue weighted by molar-refractivity contribution is 0.590. The van der Waals surface area contributed by atoms with E-state index in [0.717, 1.165) is 87.6 Å². The molecule has 0 atom stereocenters. The Morgan fingerprint density at radius 2 is 0.600 bits per heavy atom. The van der Waals surface area contributed by atoms with Crippen LogP contribution in [0.1, 0.15) is 105 Å². The molecule has 75 heavy (non-hydrogen) atoms. The minimum atomic E-state index is 0.00749. The largest absolute Gasteiger partial charge is 0.324 e. The molecule has 0 unspecified atom stereocenters. The summed E-state index contributed by atoms with van der Waals surface area (Å²) >= 11 is 7.02. The van der Waals surface area contributed by atoms with Crippen LogP contribution in [-0.4, -0.2) is 29.9 Å². The van der Waals surface area contributed by atoms with Crippen molar-refractivity contribution in [3.8, 4) is 44.5 Å². The van der Waals surface area contributed by atoms with Gasteiger partial charge in [0.2, 0.25) is 0 Å². The summed E-state index contributed by atoms with van der Waals surface area (Å²) in [5.41, 5.74) is 17.8. The number of aromatic nitrogens is 6. The van der Waals surface area contributed by atoms with Crippen molar-refractivity contribution in [2.75, 3.05) is 0 Å². The molecule has 6 bridgehead atoms. The van der Waals surface area contributed by atoms with Crippen LogP contribution in [-0.2, 0) is 21.7 Å². The summed E-state index contributed by atoms with van der Waals surface area (Å²) in [6.07, 6.45) is 0. The molecule has 0 saturated carbocycles. The third-order valence-electron chi connectivity index (χ3n) is 15.4. The maximum absolute atomic E-state index is 7.02. The molecule has 0 saturated heterocycles. The number of fused-ring (bicyclic) bond motifs is 14. The molecule has 7 heteroatoms. The Hall–Kier alpha value is -7.67. The van der Waals surface area contributed by atoms with Crippen molar-refractivity contribution in [2.45, 2.75) is 105 Å². The summed E-state index contributed by atoms with van der Waals surface area (Å²) in [7, 11) is 0. The highest BCUT2D eigenvalue weighted by molar-refractivity contribution is 6.38. The molecule has 12 rings (SSSR count). The van der Waals surface area contributed by atoms with E-state index in [4.69, 9.17) is 31.5 Å². The van der Waals surface area contributed by atoms with Gasteiger partial charge >= 0.3 is 0 Å². The predicted octanol–water partition coefficient (Wildman–Crippen LogP) is 19.1. The van der Waals surface area contributed by atoms with Gasteiger partial charge in [0.05, 0.1) is 0 Å². The van der Waals surface area contributed by atoms with E-state index in [9.17, 15) is 0 Å². The van der Waals surface area contributed by atoms with Crippen LogP contribution in [0.4, 0.5) is 0 Å². The van der Waals surface area contributed by atoms with Crippen LogP contribution < -0.4 is 0 Å². The van der Waals surface area contributed by atoms with Gasteiger partial charge in [-0.15, -0.1) is 0 Å². The minimum Gasteiger partial charge on any atom is -0.324 e. The average Bonchev–Trinajstić information content (AvgIpc) is 3.88. The number of hydrogen-bond donors (Lipinski definition) is 2. The lowest BCUT2D eigenvalue weighted by Crippen LogP contribution is -2.10. The molecule has 4 aromatic heterocycles. The van der Waals surface area contributed by atoms with Crippen molar-refractivity contribution in [3.63, 3.8) is 0 Å². The summed E-state index contributed by atoms with van der Waals surface area (Å²) in [4.78, 5) is 29.6. The maximum Gasteiger partial charge on any atom is 0.164 e. The van der Waals surface area contributed by atoms with Crippen LogP contribution in [0.15, 0.2) is 152 Å². The number of hydrogen-bond acceptors (Lipinski definition) is 4. The van der Waals surface area contributed by atoms with Gasteiger partial charge in [-0.25, -0.2) is 19.9 Å². The van der Waals surface area contributed by atoms with E-state index >= 15 is 0 Å². The summed E-state index contributed by atoms with van der Waals surface area (Å²) in [6, 6.07) is 55.6. The third-order valence-corrected chi connectivity index (χ3v) is 15.7. The van der Waals surface area contributed by atoms with Gasteiger partial charge in [0.25, 0.3) is 0 Å². The zero-order valence-electron chi connectivity index (χ0n) is 45.1. The van der Waals surface area contributed by atoms with Crippen molar-refractivity contribution >= 4 is 88.6 Å². The Morgan fingerprint density at radius 1 is 0.307 bits per heavy atom. The van der Waals surface area contributed by atoms with Gasteiger partial charge in [-0.1, -0.05) is 210 Å². The van der Waals surface area contributed by atoms with Crippen LogP contribution >= 0.6 is 11.6 Å². The molecular formula is C68H63ClN6. The zero-order valence-corrected chi connectivity index (χ0v) is 45.9. The summed E-state index contributed by atoms with van der Waals surface area (Å²) in [5, 5.41) is 8.06. The molecule has 2 N–H and O–H groups in total. The molecule has 0 radical (unpaired) electrons. The monoisotopic (exact) mass is 998 g/mol. The fourth-order valence-corrected chi connectivity index (χ4v) is 11.1. The van der Waals surface area contributed by atoms with Crippen LogP contribution in [0, 0.1) is 0 Å². The van der Waals surface area contributed by atoms with E-state index in [-0.39, 0.29) is 21.7 Å². The average molecular weight is 1000 g/mol. The fraction of sp³-hybridized carbons (Fsp3) is 0.235. The van der Waals surface area contributed by atoms with Crippen molar-refractivity contribution in [1.82, 2.24) is 29.9 Å². The molecule has 12 aromatic rings. The lowest BCUT2D eigenvalue weighted by atomic mass is 9.84. The molecule has 6 nitrogen and oxygen atoms in total. The Kier molecular flexibility index (Phi) is 11.1. The highest BCUT2D eigenvalue weighted by Crippen LogP contribution is 2.43. The third kappa shape index (κ3) is 8.54. The Balaban J connectivity index is 1.23. The zero-order chi connectivity index (χ0) is 52.5. The van der Waals surface area contributed by atoms with Crippen molar-refractivity contribution in [1.29, 1.82) is 0 Å². The van der Waals surface area contributed by atoms with E-state index in [1.54, 1.807) is 0 Å². The summed E-state index contributed by atoms with van der Waals surface area (Å²) in [5.74, 6) is 0. The Morgan fingerprint density at radius 3 is 0.920 bits per heavy atom. The van der Waals surface area contributed by atoms with E-state index in [0.29, 0.717) is 38.9 Å². The highest BCUT2D eigenvalue weighted by Gasteiger charge is 2.23. The van der Waals surface area contributed by atoms with Gasteiger partial charge in [0, 0.05) is 48.1 Å². The molecule has 0 aliphatic heterocycles. The lowest BCUT2D eigenvalue weighted by Gasteiger charge is -2.21. The molecule has 0 spiro atoms. The first-order valence-electron chi connectivity index (χ1n) is 26.2. The predicted molar refractivity (Wildman–Crippen MR) is 319 cm³/mol. The number of nitrogens with zero attached hydrogens (tertiary/aromatic N) is 4.